The number of methoxy groups -OCH3 is 2. The summed E-state index contributed by atoms with van der Waals surface area (Å²) in [7, 11) is 2.77. The number of hydrogen-bond acceptors (Lipinski definition) is 6. The number of esters is 1. The maximum atomic E-state index is 12.7. The highest BCUT2D eigenvalue weighted by atomic mass is 16.5. The fourth-order valence-corrected chi connectivity index (χ4v) is 3.17. The minimum Gasteiger partial charge on any atom is -0.497 e. The first-order valence-corrected chi connectivity index (χ1v) is 8.93. The van der Waals surface area contributed by atoms with Crippen molar-refractivity contribution in [3.63, 3.8) is 0 Å². The van der Waals surface area contributed by atoms with Gasteiger partial charge in [-0.2, -0.15) is 0 Å². The zero-order valence-electron chi connectivity index (χ0n) is 15.8. The molecule has 3 rings (SSSR count). The molecule has 1 fully saturated rings. The summed E-state index contributed by atoms with van der Waals surface area (Å²) in [5.41, 5.74) is 0.590. The number of piperidine rings is 1. The highest BCUT2D eigenvalue weighted by Crippen LogP contribution is 2.26. The predicted molar refractivity (Wildman–Crippen MR) is 100 cm³/mol. The number of nitrogens with one attached hydrogen (secondary N) is 1. The summed E-state index contributed by atoms with van der Waals surface area (Å²) in [6.45, 7) is 0.925. The van der Waals surface area contributed by atoms with E-state index in [9.17, 15) is 14.4 Å². The van der Waals surface area contributed by atoms with Crippen LogP contribution in [0.3, 0.4) is 0 Å². The number of benzene rings is 1. The zero-order valence-corrected chi connectivity index (χ0v) is 15.8. The van der Waals surface area contributed by atoms with Gasteiger partial charge in [0.05, 0.1) is 31.7 Å². The molecule has 2 heterocycles. The van der Waals surface area contributed by atoms with Gasteiger partial charge in [0.25, 0.3) is 5.91 Å². The van der Waals surface area contributed by atoms with Crippen LogP contribution in [0, 0.1) is 5.92 Å². The van der Waals surface area contributed by atoms with Crippen molar-refractivity contribution in [2.75, 3.05) is 32.6 Å². The van der Waals surface area contributed by atoms with Crippen molar-refractivity contribution < 1.29 is 28.3 Å². The molecule has 1 aromatic heterocycles. The van der Waals surface area contributed by atoms with Crippen molar-refractivity contribution in [3.8, 4) is 5.75 Å². The Morgan fingerprint density at radius 3 is 2.50 bits per heavy atom. The molecule has 28 heavy (non-hydrogen) atoms. The molecule has 0 saturated carbocycles. The second kappa shape index (κ2) is 8.60. The third-order valence-corrected chi connectivity index (χ3v) is 4.77. The van der Waals surface area contributed by atoms with Crippen LogP contribution >= 0.6 is 0 Å². The molecule has 0 spiro atoms. The van der Waals surface area contributed by atoms with Gasteiger partial charge in [-0.15, -0.1) is 0 Å². The Bertz CT molecular complexity index is 854. The molecular formula is C20H22N2O6. The molecule has 1 aliphatic rings. The van der Waals surface area contributed by atoms with Crippen LogP contribution in [0.25, 0.3) is 0 Å². The molecule has 1 N–H and O–H groups in total. The monoisotopic (exact) mass is 386 g/mol. The molecule has 0 unspecified atom stereocenters. The van der Waals surface area contributed by atoms with Gasteiger partial charge in [-0.25, -0.2) is 4.79 Å². The van der Waals surface area contributed by atoms with Gasteiger partial charge in [0, 0.05) is 19.0 Å². The minimum absolute atomic E-state index is 0.174. The Kier molecular flexibility index (Phi) is 5.98. The number of amides is 2. The molecule has 0 atom stereocenters. The quantitative estimate of drug-likeness (QED) is 0.793. The molecule has 148 valence electrons. The van der Waals surface area contributed by atoms with E-state index in [1.165, 1.54) is 26.5 Å². The Morgan fingerprint density at radius 1 is 1.14 bits per heavy atom. The molecule has 1 saturated heterocycles. The normalized spacial score (nSPS) is 14.4. The van der Waals surface area contributed by atoms with E-state index in [2.05, 4.69) is 5.32 Å². The minimum atomic E-state index is -0.562. The van der Waals surface area contributed by atoms with E-state index in [1.54, 1.807) is 29.2 Å². The standard InChI is InChI=1S/C20H22N2O6/c1-26-14-5-6-16(15(12-14)20(25)27-2)21-18(23)13-7-9-22(10-8-13)19(24)17-4-3-11-28-17/h3-6,11-13H,7-10H2,1-2H3,(H,21,23). The van der Waals surface area contributed by atoms with Crippen LogP contribution in [0.2, 0.25) is 0 Å². The Morgan fingerprint density at radius 2 is 1.89 bits per heavy atom. The Hall–Kier alpha value is -3.29. The van der Waals surface area contributed by atoms with Gasteiger partial charge >= 0.3 is 5.97 Å². The Labute approximate surface area is 162 Å². The smallest absolute Gasteiger partial charge is 0.340 e. The summed E-state index contributed by atoms with van der Waals surface area (Å²) in [4.78, 5) is 38.7. The number of furan rings is 1. The van der Waals surface area contributed by atoms with Crippen LogP contribution < -0.4 is 10.1 Å². The second-order valence-electron chi connectivity index (χ2n) is 6.44. The molecule has 2 aromatic rings. The van der Waals surface area contributed by atoms with Gasteiger partial charge in [0.1, 0.15) is 5.75 Å². The number of carbonyl (C=O) groups excluding carboxylic acids is 3. The predicted octanol–water partition coefficient (Wildman–Crippen LogP) is 2.57. The van der Waals surface area contributed by atoms with E-state index in [-0.39, 0.29) is 23.3 Å². The SMILES string of the molecule is COC(=O)c1cc(OC)ccc1NC(=O)C1CCN(C(=O)c2ccco2)CC1. The summed E-state index contributed by atoms with van der Waals surface area (Å²) >= 11 is 0. The highest BCUT2D eigenvalue weighted by Gasteiger charge is 2.29. The summed E-state index contributed by atoms with van der Waals surface area (Å²) in [5.74, 6) is -0.402. The van der Waals surface area contributed by atoms with E-state index >= 15 is 0 Å². The van der Waals surface area contributed by atoms with E-state index in [1.807, 2.05) is 0 Å². The first-order valence-electron chi connectivity index (χ1n) is 8.93. The molecule has 0 radical (unpaired) electrons. The van der Waals surface area contributed by atoms with E-state index < -0.39 is 5.97 Å². The second-order valence-corrected chi connectivity index (χ2v) is 6.44. The molecule has 1 aliphatic heterocycles. The number of rotatable bonds is 5. The van der Waals surface area contributed by atoms with Crippen LogP contribution in [-0.4, -0.2) is 50.0 Å². The molecular weight excluding hydrogens is 364 g/mol. The topological polar surface area (TPSA) is 98.1 Å². The van der Waals surface area contributed by atoms with Crippen molar-refractivity contribution in [3.05, 3.63) is 47.9 Å². The van der Waals surface area contributed by atoms with E-state index in [4.69, 9.17) is 13.9 Å². The lowest BCUT2D eigenvalue weighted by atomic mass is 9.95. The lowest BCUT2D eigenvalue weighted by Crippen LogP contribution is -2.41. The largest absolute Gasteiger partial charge is 0.497 e. The lowest BCUT2D eigenvalue weighted by molar-refractivity contribution is -0.121. The molecule has 8 nitrogen and oxygen atoms in total. The maximum Gasteiger partial charge on any atom is 0.340 e. The Balaban J connectivity index is 1.63. The number of hydrogen-bond donors (Lipinski definition) is 1. The van der Waals surface area contributed by atoms with Crippen molar-refractivity contribution in [2.24, 2.45) is 5.92 Å². The molecule has 2 amide bonds. The lowest BCUT2D eigenvalue weighted by Gasteiger charge is -2.30. The zero-order chi connectivity index (χ0) is 20.1. The number of likely N-dealkylation sites (tertiary alicyclic amines) is 1. The van der Waals surface area contributed by atoms with Gasteiger partial charge in [-0.05, 0) is 43.2 Å². The first kappa shape index (κ1) is 19.5. The average Bonchev–Trinajstić information content (AvgIpc) is 3.28. The average molecular weight is 386 g/mol. The summed E-state index contributed by atoms with van der Waals surface area (Å²) in [5, 5.41) is 2.80. The number of carbonyl (C=O) groups is 3. The van der Waals surface area contributed by atoms with Crippen LogP contribution in [-0.2, 0) is 9.53 Å². The van der Waals surface area contributed by atoms with Crippen LogP contribution in [0.15, 0.2) is 41.0 Å². The number of ether oxygens (including phenoxy) is 2. The van der Waals surface area contributed by atoms with Crippen LogP contribution in [0.4, 0.5) is 5.69 Å². The fraction of sp³-hybridized carbons (Fsp3) is 0.350. The summed E-state index contributed by atoms with van der Waals surface area (Å²) in [6, 6.07) is 8.08. The first-order chi connectivity index (χ1) is 13.5. The van der Waals surface area contributed by atoms with Crippen molar-refractivity contribution in [1.82, 2.24) is 4.90 Å². The van der Waals surface area contributed by atoms with Gasteiger partial charge in [-0.1, -0.05) is 0 Å². The van der Waals surface area contributed by atoms with Gasteiger partial charge in [0.2, 0.25) is 5.91 Å². The van der Waals surface area contributed by atoms with Gasteiger partial charge < -0.3 is 24.1 Å². The number of anilines is 1. The number of nitrogens with zero attached hydrogens (tertiary/aromatic N) is 1. The van der Waals surface area contributed by atoms with Crippen molar-refractivity contribution >= 4 is 23.5 Å². The highest BCUT2D eigenvalue weighted by molar-refractivity contribution is 6.02. The molecule has 0 bridgehead atoms. The van der Waals surface area contributed by atoms with Crippen molar-refractivity contribution in [2.45, 2.75) is 12.8 Å². The maximum absolute atomic E-state index is 12.7. The summed E-state index contributed by atoms with van der Waals surface area (Å²) in [6.07, 6.45) is 2.52. The van der Waals surface area contributed by atoms with Crippen LogP contribution in [0.1, 0.15) is 33.8 Å². The van der Waals surface area contributed by atoms with Crippen molar-refractivity contribution in [1.29, 1.82) is 0 Å². The molecule has 1 aromatic carbocycles. The fourth-order valence-electron chi connectivity index (χ4n) is 3.17. The molecule has 8 heteroatoms. The third-order valence-electron chi connectivity index (χ3n) is 4.77. The van der Waals surface area contributed by atoms with Crippen LogP contribution in [0.5, 0.6) is 5.75 Å². The summed E-state index contributed by atoms with van der Waals surface area (Å²) < 4.78 is 15.0. The van der Waals surface area contributed by atoms with Gasteiger partial charge in [-0.3, -0.25) is 9.59 Å². The van der Waals surface area contributed by atoms with E-state index in [0.717, 1.165) is 0 Å². The van der Waals surface area contributed by atoms with E-state index in [0.29, 0.717) is 43.1 Å². The molecule has 0 aliphatic carbocycles. The third kappa shape index (κ3) is 4.16. The van der Waals surface area contributed by atoms with Gasteiger partial charge in [0.15, 0.2) is 5.76 Å².